The predicted octanol–water partition coefficient (Wildman–Crippen LogP) is 5.04. The van der Waals surface area contributed by atoms with Gasteiger partial charge in [0.2, 0.25) is 5.43 Å². The van der Waals surface area contributed by atoms with Crippen LogP contribution in [0.4, 0.5) is 24.1 Å². The first-order valence-corrected chi connectivity index (χ1v) is 13.6. The molecule has 0 bridgehead atoms. The van der Waals surface area contributed by atoms with E-state index in [4.69, 9.17) is 5.11 Å². The molecule has 0 radical (unpaired) electrons. The van der Waals surface area contributed by atoms with Crippen molar-refractivity contribution in [3.63, 3.8) is 0 Å². The second kappa shape index (κ2) is 10.1. The largest absolute Gasteiger partial charge is 0.511 e. The molecule has 1 saturated carbocycles. The minimum Gasteiger partial charge on any atom is -0.449 e. The molecule has 9 nitrogen and oxygen atoms in total. The Morgan fingerprint density at radius 3 is 2.58 bits per heavy atom. The van der Waals surface area contributed by atoms with Crippen molar-refractivity contribution < 1.29 is 28.2 Å². The molecule has 3 atom stereocenters. The predicted molar refractivity (Wildman–Crippen MR) is 144 cm³/mol. The van der Waals surface area contributed by atoms with E-state index in [9.17, 15) is 14.4 Å². The Kier molecular flexibility index (Phi) is 6.59. The lowest BCUT2D eigenvalue weighted by molar-refractivity contribution is 0.134. The van der Waals surface area contributed by atoms with Crippen molar-refractivity contribution in [1.82, 2.24) is 14.8 Å². The van der Waals surface area contributed by atoms with Crippen molar-refractivity contribution >= 4 is 28.8 Å². The number of benzene rings is 2. The van der Waals surface area contributed by atoms with Crippen molar-refractivity contribution in [1.29, 1.82) is 0 Å². The number of carboxylic acid groups (broad SMARTS) is 1. The number of pyridine rings is 1. The molecule has 40 heavy (non-hydrogen) atoms. The number of ether oxygens (including phenoxy) is 1. The topological polar surface area (TPSA) is 104 Å². The fourth-order valence-corrected chi connectivity index (χ4v) is 6.21. The molecule has 1 aliphatic carbocycles. The van der Waals surface area contributed by atoms with E-state index in [0.29, 0.717) is 13.1 Å². The maximum absolute atomic E-state index is 16.2. The number of hydrogen-bond donors (Lipinski definition) is 2. The van der Waals surface area contributed by atoms with Gasteiger partial charge in [-0.3, -0.25) is 4.79 Å². The van der Waals surface area contributed by atoms with Gasteiger partial charge in [-0.1, -0.05) is 30.3 Å². The summed E-state index contributed by atoms with van der Waals surface area (Å²) in [4.78, 5) is 40.7. The van der Waals surface area contributed by atoms with Gasteiger partial charge in [-0.25, -0.2) is 18.4 Å². The van der Waals surface area contributed by atoms with Crippen molar-refractivity contribution in [2.24, 2.45) is 5.92 Å². The first-order valence-electron chi connectivity index (χ1n) is 13.6. The Bertz CT molecular complexity index is 1540. The lowest BCUT2D eigenvalue weighted by atomic mass is 9.92. The van der Waals surface area contributed by atoms with Gasteiger partial charge in [0, 0.05) is 25.7 Å². The molecule has 3 heterocycles. The normalized spacial score (nSPS) is 21.3. The molecule has 1 aromatic heterocycles. The number of urea groups is 1. The number of rotatable bonds is 5. The number of nitrogens with zero attached hydrogens (tertiary/aromatic N) is 3. The van der Waals surface area contributed by atoms with Gasteiger partial charge in [0.1, 0.15) is 11.5 Å². The highest BCUT2D eigenvalue weighted by Gasteiger charge is 2.43. The third-order valence-corrected chi connectivity index (χ3v) is 8.29. The van der Waals surface area contributed by atoms with E-state index in [1.165, 1.54) is 10.8 Å². The van der Waals surface area contributed by atoms with Gasteiger partial charge < -0.3 is 29.5 Å². The second-order valence-corrected chi connectivity index (χ2v) is 10.9. The lowest BCUT2D eigenvalue weighted by Crippen LogP contribution is -2.52. The molecule has 2 N–H and O–H groups in total. The van der Waals surface area contributed by atoms with Crippen LogP contribution in [0.25, 0.3) is 10.9 Å². The number of anilines is 1. The highest BCUT2D eigenvalue weighted by Crippen LogP contribution is 2.42. The Labute approximate surface area is 228 Å². The maximum atomic E-state index is 16.2. The van der Waals surface area contributed by atoms with Crippen molar-refractivity contribution in [3.05, 3.63) is 70.0 Å². The van der Waals surface area contributed by atoms with Crippen molar-refractivity contribution in [2.75, 3.05) is 24.5 Å². The Morgan fingerprint density at radius 1 is 1.12 bits per heavy atom. The van der Waals surface area contributed by atoms with E-state index in [1.54, 1.807) is 9.80 Å². The highest BCUT2D eigenvalue weighted by molar-refractivity contribution is 5.86. The van der Waals surface area contributed by atoms with Gasteiger partial charge in [-0.15, -0.1) is 0 Å². The quantitative estimate of drug-likeness (QED) is 0.430. The molecule has 2 saturated heterocycles. The van der Waals surface area contributed by atoms with E-state index in [0.717, 1.165) is 37.3 Å². The second-order valence-electron chi connectivity index (χ2n) is 10.9. The summed E-state index contributed by atoms with van der Waals surface area (Å²) in [5, 5.41) is 11.8. The highest BCUT2D eigenvalue weighted by atomic mass is 19.1. The number of carbonyl (C=O) groups is 2. The van der Waals surface area contributed by atoms with Gasteiger partial charge in [-0.2, -0.15) is 0 Å². The van der Waals surface area contributed by atoms with E-state index >= 15 is 8.78 Å². The molecular weight excluding hydrogens is 522 g/mol. The average Bonchev–Trinajstić information content (AvgIpc) is 3.68. The molecule has 3 fully saturated rings. The third-order valence-electron chi connectivity index (χ3n) is 8.29. The summed E-state index contributed by atoms with van der Waals surface area (Å²) in [6, 6.07) is 9.85. The van der Waals surface area contributed by atoms with Crippen LogP contribution in [0, 0.1) is 17.6 Å². The number of hydrogen-bond acceptors (Lipinski definition) is 5. The third kappa shape index (κ3) is 4.63. The average molecular weight is 553 g/mol. The first-order chi connectivity index (χ1) is 19.2. The van der Waals surface area contributed by atoms with Crippen LogP contribution in [-0.2, 0) is 0 Å². The molecule has 6 rings (SSSR count). The minimum atomic E-state index is -1.68. The van der Waals surface area contributed by atoms with Crippen LogP contribution < -0.4 is 20.4 Å². The number of amides is 2. The fraction of sp³-hybridized carbons (Fsp3) is 0.414. The molecule has 210 valence electrons. The zero-order chi connectivity index (χ0) is 28.1. The van der Waals surface area contributed by atoms with Gasteiger partial charge in [0.15, 0.2) is 11.6 Å². The Hall–Kier alpha value is -4.15. The molecule has 11 heteroatoms. The number of piperidine rings is 1. The number of aromatic nitrogens is 1. The zero-order valence-corrected chi connectivity index (χ0v) is 22.0. The van der Waals surface area contributed by atoms with Crippen LogP contribution >= 0.6 is 0 Å². The number of nitrogens with one attached hydrogen (secondary N) is 1. The van der Waals surface area contributed by atoms with E-state index < -0.39 is 29.0 Å². The Balaban J connectivity index is 1.31. The fourth-order valence-electron chi connectivity index (χ4n) is 6.21. The number of likely N-dealkylation sites (tertiary alicyclic amines) is 1. The van der Waals surface area contributed by atoms with Gasteiger partial charge in [0.25, 0.3) is 0 Å². The summed E-state index contributed by atoms with van der Waals surface area (Å²) in [5.41, 5.74) is -0.205. The van der Waals surface area contributed by atoms with Crippen LogP contribution in [0.15, 0.2) is 47.4 Å². The summed E-state index contributed by atoms with van der Waals surface area (Å²) in [6.45, 7) is 3.10. The van der Waals surface area contributed by atoms with Crippen LogP contribution in [0.2, 0.25) is 0 Å². The van der Waals surface area contributed by atoms with E-state index in [-0.39, 0.29) is 53.2 Å². The maximum Gasteiger partial charge on any atom is 0.511 e. The molecule has 2 aliphatic heterocycles. The summed E-state index contributed by atoms with van der Waals surface area (Å²) in [7, 11) is 0. The van der Waals surface area contributed by atoms with E-state index in [2.05, 4.69) is 10.1 Å². The number of carbonyl (C=O) groups excluding carboxylic acids is 1. The van der Waals surface area contributed by atoms with Gasteiger partial charge >= 0.3 is 12.2 Å². The van der Waals surface area contributed by atoms with Crippen LogP contribution in [0.3, 0.4) is 0 Å². The van der Waals surface area contributed by atoms with Crippen LogP contribution in [0.1, 0.15) is 50.3 Å². The molecule has 3 aliphatic rings. The smallest absolute Gasteiger partial charge is 0.449 e. The number of halogens is 2. The zero-order valence-electron chi connectivity index (χ0n) is 22.0. The molecule has 3 aromatic rings. The summed E-state index contributed by atoms with van der Waals surface area (Å²) in [5.74, 6) is -2.23. The van der Waals surface area contributed by atoms with Crippen LogP contribution in [-0.4, -0.2) is 52.4 Å². The molecular formula is C29H30F2N4O5. The molecule has 2 amide bonds. The number of fused-ring (bicyclic) bond motifs is 2. The van der Waals surface area contributed by atoms with Crippen molar-refractivity contribution in [2.45, 2.75) is 50.7 Å². The molecule has 2 unspecified atom stereocenters. The van der Waals surface area contributed by atoms with Gasteiger partial charge in [-0.05, 0) is 50.2 Å². The standard InChI is InChI=1S/C29H30F2N4O5/c1-16(17-6-3-2-4-7-17)32-28(37)34-11-5-8-18-13-33(14-22(18)34)26-21(30)12-20-25(24(26)31)35(19-9-10-19)15-23(27(20)36)40-29(38)39/h2-4,6-7,12,15-16,18-19,22H,5,8-11,13-14H2,1H3,(H,32,37)(H,38,39)/t16-,18?,22?/m1/s1. The monoisotopic (exact) mass is 552 g/mol. The SMILES string of the molecule is C[C@@H](NC(=O)N1CCCC2CN(c3c(F)cc4c(=O)c(OC(=O)O)cn(C5CC5)c4c3F)CC21)c1ccccc1. The van der Waals surface area contributed by atoms with Gasteiger partial charge in [0.05, 0.1) is 29.2 Å². The van der Waals surface area contributed by atoms with E-state index in [1.807, 2.05) is 37.3 Å². The first kappa shape index (κ1) is 26.1. The summed E-state index contributed by atoms with van der Waals surface area (Å²) >= 11 is 0. The Morgan fingerprint density at radius 2 is 1.88 bits per heavy atom. The van der Waals surface area contributed by atoms with Crippen LogP contribution in [0.5, 0.6) is 5.75 Å². The minimum absolute atomic E-state index is 0.0398. The lowest BCUT2D eigenvalue weighted by Gasteiger charge is -2.37. The molecule has 0 spiro atoms. The molecule has 2 aromatic carbocycles. The summed E-state index contributed by atoms with van der Waals surface area (Å²) in [6.07, 6.45) is 2.58. The van der Waals surface area contributed by atoms with Crippen molar-refractivity contribution in [3.8, 4) is 5.75 Å². The summed E-state index contributed by atoms with van der Waals surface area (Å²) < 4.78 is 37.9.